The number of pyridine rings is 1. The summed E-state index contributed by atoms with van der Waals surface area (Å²) >= 11 is 5.97. The second-order valence-corrected chi connectivity index (χ2v) is 6.82. The molecular formula is C20H17ClN6O. The maximum absolute atomic E-state index is 12.5. The molecular weight excluding hydrogens is 376 g/mol. The minimum Gasteiger partial charge on any atom is -0.326 e. The number of nitrogens with zero attached hydrogens (tertiary/aromatic N) is 5. The van der Waals surface area contributed by atoms with Gasteiger partial charge in [0.25, 0.3) is 5.78 Å². The highest BCUT2D eigenvalue weighted by Gasteiger charge is 2.17. The number of anilines is 1. The highest BCUT2D eigenvalue weighted by Crippen LogP contribution is 2.20. The number of halogens is 1. The van der Waals surface area contributed by atoms with E-state index in [9.17, 15) is 4.79 Å². The van der Waals surface area contributed by atoms with Gasteiger partial charge in [0, 0.05) is 45.6 Å². The van der Waals surface area contributed by atoms with Gasteiger partial charge in [-0.15, -0.1) is 5.10 Å². The fraction of sp³-hybridized carbons (Fsp3) is 0.150. The lowest BCUT2D eigenvalue weighted by Crippen LogP contribution is -2.17. The maximum atomic E-state index is 12.5. The quantitative estimate of drug-likeness (QED) is 0.573. The van der Waals surface area contributed by atoms with Crippen LogP contribution in [0.3, 0.4) is 0 Å². The number of fused-ring (bicyclic) bond motifs is 1. The van der Waals surface area contributed by atoms with E-state index in [1.807, 2.05) is 26.0 Å². The van der Waals surface area contributed by atoms with E-state index in [-0.39, 0.29) is 12.3 Å². The Labute approximate surface area is 166 Å². The standard InChI is InChI=1S/C20H17ClN6O/c1-12-17(10-18(28)24-16-7-3-6-15(21)9-16)13(2)27-20(23-12)25-19(26-27)14-5-4-8-22-11-14/h3-9,11H,10H2,1-2H3,(H,24,28). The Morgan fingerprint density at radius 1 is 1.18 bits per heavy atom. The number of aryl methyl sites for hydroxylation is 2. The fourth-order valence-corrected chi connectivity index (χ4v) is 3.20. The molecule has 0 bridgehead atoms. The molecule has 4 aromatic rings. The van der Waals surface area contributed by atoms with E-state index < -0.39 is 0 Å². The molecule has 0 spiro atoms. The van der Waals surface area contributed by atoms with Crippen molar-refractivity contribution < 1.29 is 4.79 Å². The number of hydrogen-bond donors (Lipinski definition) is 1. The third-order valence-electron chi connectivity index (χ3n) is 4.41. The Hall–Kier alpha value is -3.32. The minimum absolute atomic E-state index is 0.151. The molecule has 0 saturated heterocycles. The first kappa shape index (κ1) is 18.1. The zero-order valence-electron chi connectivity index (χ0n) is 15.3. The summed E-state index contributed by atoms with van der Waals surface area (Å²) in [6, 6.07) is 10.8. The highest BCUT2D eigenvalue weighted by molar-refractivity contribution is 6.30. The molecule has 1 amide bonds. The molecule has 0 saturated carbocycles. The molecule has 1 N–H and O–H groups in total. The maximum Gasteiger partial charge on any atom is 0.253 e. The molecule has 0 aliphatic rings. The molecule has 28 heavy (non-hydrogen) atoms. The predicted octanol–water partition coefficient (Wildman–Crippen LogP) is 3.64. The van der Waals surface area contributed by atoms with Gasteiger partial charge in [0.15, 0.2) is 5.82 Å². The van der Waals surface area contributed by atoms with Gasteiger partial charge in [0.2, 0.25) is 5.91 Å². The molecule has 0 radical (unpaired) electrons. The third kappa shape index (κ3) is 3.57. The van der Waals surface area contributed by atoms with Gasteiger partial charge in [-0.1, -0.05) is 17.7 Å². The van der Waals surface area contributed by atoms with Crippen LogP contribution in [0.1, 0.15) is 17.0 Å². The van der Waals surface area contributed by atoms with Crippen molar-refractivity contribution in [2.75, 3.05) is 5.32 Å². The van der Waals surface area contributed by atoms with Crippen LogP contribution >= 0.6 is 11.6 Å². The SMILES string of the molecule is Cc1nc2nc(-c3cccnc3)nn2c(C)c1CC(=O)Nc1cccc(Cl)c1. The first-order valence-corrected chi connectivity index (χ1v) is 9.08. The third-order valence-corrected chi connectivity index (χ3v) is 4.65. The highest BCUT2D eigenvalue weighted by atomic mass is 35.5. The second-order valence-electron chi connectivity index (χ2n) is 6.39. The first-order valence-electron chi connectivity index (χ1n) is 8.70. The van der Waals surface area contributed by atoms with Crippen LogP contribution in [-0.4, -0.2) is 30.5 Å². The monoisotopic (exact) mass is 392 g/mol. The summed E-state index contributed by atoms with van der Waals surface area (Å²) in [4.78, 5) is 25.6. The second kappa shape index (κ2) is 7.36. The minimum atomic E-state index is -0.151. The fourth-order valence-electron chi connectivity index (χ4n) is 3.01. The summed E-state index contributed by atoms with van der Waals surface area (Å²) in [7, 11) is 0. The van der Waals surface area contributed by atoms with Gasteiger partial charge in [-0.2, -0.15) is 4.98 Å². The summed E-state index contributed by atoms with van der Waals surface area (Å²) in [5.74, 6) is 0.888. The van der Waals surface area contributed by atoms with E-state index in [2.05, 4.69) is 25.4 Å². The Morgan fingerprint density at radius 3 is 2.79 bits per heavy atom. The number of hydrogen-bond acceptors (Lipinski definition) is 5. The van der Waals surface area contributed by atoms with Crippen molar-refractivity contribution in [1.29, 1.82) is 0 Å². The molecule has 4 rings (SSSR count). The van der Waals surface area contributed by atoms with Crippen LogP contribution in [0.15, 0.2) is 48.8 Å². The predicted molar refractivity (Wildman–Crippen MR) is 107 cm³/mol. The Kier molecular flexibility index (Phi) is 4.75. The van der Waals surface area contributed by atoms with Gasteiger partial charge in [0.1, 0.15) is 0 Å². The zero-order chi connectivity index (χ0) is 19.7. The molecule has 0 aliphatic carbocycles. The lowest BCUT2D eigenvalue weighted by Gasteiger charge is -2.11. The van der Waals surface area contributed by atoms with Crippen LogP contribution in [0.4, 0.5) is 5.69 Å². The lowest BCUT2D eigenvalue weighted by atomic mass is 10.1. The summed E-state index contributed by atoms with van der Waals surface area (Å²) in [5, 5.41) is 7.97. The van der Waals surface area contributed by atoms with Gasteiger partial charge < -0.3 is 5.32 Å². The van der Waals surface area contributed by atoms with Crippen molar-refractivity contribution in [3.8, 4) is 11.4 Å². The largest absolute Gasteiger partial charge is 0.326 e. The molecule has 0 unspecified atom stereocenters. The van der Waals surface area contributed by atoms with Crippen LogP contribution in [0, 0.1) is 13.8 Å². The van der Waals surface area contributed by atoms with Crippen LogP contribution < -0.4 is 5.32 Å². The van der Waals surface area contributed by atoms with Crippen LogP contribution in [0.5, 0.6) is 0 Å². The average molecular weight is 393 g/mol. The van der Waals surface area contributed by atoms with Crippen molar-refractivity contribution in [1.82, 2.24) is 24.6 Å². The van der Waals surface area contributed by atoms with Crippen molar-refractivity contribution in [2.24, 2.45) is 0 Å². The van der Waals surface area contributed by atoms with Gasteiger partial charge in [-0.3, -0.25) is 9.78 Å². The number of nitrogens with one attached hydrogen (secondary N) is 1. The first-order chi connectivity index (χ1) is 13.5. The number of aromatic nitrogens is 5. The van der Waals surface area contributed by atoms with Crippen LogP contribution in [-0.2, 0) is 11.2 Å². The molecule has 7 nitrogen and oxygen atoms in total. The van der Waals surface area contributed by atoms with Crippen molar-refractivity contribution in [2.45, 2.75) is 20.3 Å². The van der Waals surface area contributed by atoms with Gasteiger partial charge in [-0.05, 0) is 44.2 Å². The zero-order valence-corrected chi connectivity index (χ0v) is 16.1. The van der Waals surface area contributed by atoms with Crippen LogP contribution in [0.2, 0.25) is 5.02 Å². The topological polar surface area (TPSA) is 85.1 Å². The molecule has 140 valence electrons. The molecule has 1 aromatic carbocycles. The summed E-state index contributed by atoms with van der Waals surface area (Å²) in [6.45, 7) is 3.78. The Balaban J connectivity index is 1.64. The van der Waals surface area contributed by atoms with E-state index in [1.54, 1.807) is 41.2 Å². The van der Waals surface area contributed by atoms with Crippen molar-refractivity contribution in [3.05, 3.63) is 70.8 Å². The molecule has 3 aromatic heterocycles. The van der Waals surface area contributed by atoms with Gasteiger partial charge in [0.05, 0.1) is 6.42 Å². The van der Waals surface area contributed by atoms with E-state index in [0.717, 1.165) is 22.5 Å². The average Bonchev–Trinajstić information content (AvgIpc) is 3.10. The smallest absolute Gasteiger partial charge is 0.253 e. The number of amides is 1. The normalized spacial score (nSPS) is 11.0. The lowest BCUT2D eigenvalue weighted by molar-refractivity contribution is -0.115. The van der Waals surface area contributed by atoms with E-state index in [4.69, 9.17) is 11.6 Å². The van der Waals surface area contributed by atoms with Crippen molar-refractivity contribution in [3.63, 3.8) is 0 Å². The molecule has 8 heteroatoms. The molecule has 0 atom stereocenters. The Morgan fingerprint density at radius 2 is 2.04 bits per heavy atom. The van der Waals surface area contributed by atoms with E-state index >= 15 is 0 Å². The molecule has 0 aliphatic heterocycles. The van der Waals surface area contributed by atoms with Gasteiger partial charge in [-0.25, -0.2) is 9.50 Å². The van der Waals surface area contributed by atoms with Crippen LogP contribution in [0.25, 0.3) is 17.2 Å². The van der Waals surface area contributed by atoms with Crippen molar-refractivity contribution >= 4 is 29.0 Å². The number of benzene rings is 1. The van der Waals surface area contributed by atoms with Gasteiger partial charge >= 0.3 is 0 Å². The Bertz CT molecular complexity index is 1170. The summed E-state index contributed by atoms with van der Waals surface area (Å²) in [6.07, 6.45) is 3.58. The van der Waals surface area contributed by atoms with E-state index in [0.29, 0.717) is 22.3 Å². The summed E-state index contributed by atoms with van der Waals surface area (Å²) < 4.78 is 1.66. The molecule has 0 fully saturated rings. The van der Waals surface area contributed by atoms with E-state index in [1.165, 1.54) is 0 Å². The number of carbonyl (C=O) groups excluding carboxylic acids is 1. The number of carbonyl (C=O) groups is 1. The number of rotatable bonds is 4. The summed E-state index contributed by atoms with van der Waals surface area (Å²) in [5.41, 5.74) is 3.85. The molecule has 3 heterocycles.